The molecule has 0 radical (unpaired) electrons. The van der Waals surface area contributed by atoms with Crippen molar-refractivity contribution in [3.8, 4) is 6.07 Å². The lowest BCUT2D eigenvalue weighted by Crippen LogP contribution is -2.30. The first kappa shape index (κ1) is 14.5. The van der Waals surface area contributed by atoms with Gasteiger partial charge in [0.25, 0.3) is 0 Å². The molecule has 5 heteroatoms. The summed E-state index contributed by atoms with van der Waals surface area (Å²) in [5.74, 6) is 0. The number of hydrogen-bond donors (Lipinski definition) is 1. The van der Waals surface area contributed by atoms with Crippen molar-refractivity contribution in [1.29, 1.82) is 5.26 Å². The van der Waals surface area contributed by atoms with Crippen LogP contribution in [0.25, 0.3) is 0 Å². The van der Waals surface area contributed by atoms with E-state index in [0.29, 0.717) is 0 Å². The Bertz CT molecular complexity index is 435. The van der Waals surface area contributed by atoms with Gasteiger partial charge in [0.15, 0.2) is 0 Å². The van der Waals surface area contributed by atoms with Crippen LogP contribution in [-0.2, 0) is 6.18 Å². The minimum absolute atomic E-state index is 0.0176. The maximum absolute atomic E-state index is 12.8. The summed E-state index contributed by atoms with van der Waals surface area (Å²) in [7, 11) is 0. The molecule has 18 heavy (non-hydrogen) atoms. The van der Waals surface area contributed by atoms with E-state index in [2.05, 4.69) is 5.32 Å². The minimum atomic E-state index is -4.44. The van der Waals surface area contributed by atoms with Crippen LogP contribution in [0.4, 0.5) is 13.2 Å². The van der Waals surface area contributed by atoms with Gasteiger partial charge in [0, 0.05) is 6.04 Å². The first-order valence-electron chi connectivity index (χ1n) is 5.72. The Morgan fingerprint density at radius 3 is 2.44 bits per heavy atom. The van der Waals surface area contributed by atoms with Crippen LogP contribution in [0.2, 0.25) is 0 Å². The second-order valence-electron chi connectivity index (χ2n) is 4.12. The number of alkyl halides is 3. The van der Waals surface area contributed by atoms with Crippen LogP contribution in [0.15, 0.2) is 24.3 Å². The molecular formula is C13H15F3N2. The normalized spacial score (nSPS) is 14.9. The standard InChI is InChI=1S/C13H15F3N2/c1-3-9(2)18-12(8-17)10-6-4-5-7-11(10)13(14,15)16/h4-7,9,12,18H,3H2,1-2H3. The van der Waals surface area contributed by atoms with E-state index in [1.807, 2.05) is 19.9 Å². The van der Waals surface area contributed by atoms with Crippen molar-refractivity contribution in [2.75, 3.05) is 0 Å². The van der Waals surface area contributed by atoms with Crippen molar-refractivity contribution in [1.82, 2.24) is 5.32 Å². The molecule has 0 saturated heterocycles. The van der Waals surface area contributed by atoms with E-state index in [1.54, 1.807) is 0 Å². The van der Waals surface area contributed by atoms with Crippen molar-refractivity contribution in [3.05, 3.63) is 35.4 Å². The number of benzene rings is 1. The van der Waals surface area contributed by atoms with E-state index < -0.39 is 17.8 Å². The van der Waals surface area contributed by atoms with Crippen LogP contribution in [0.1, 0.15) is 37.4 Å². The summed E-state index contributed by atoms with van der Waals surface area (Å²) >= 11 is 0. The summed E-state index contributed by atoms with van der Waals surface area (Å²) in [5.41, 5.74) is -0.778. The molecule has 1 aromatic carbocycles. The summed E-state index contributed by atoms with van der Waals surface area (Å²) < 4.78 is 38.5. The highest BCUT2D eigenvalue weighted by molar-refractivity contribution is 5.35. The molecule has 1 aromatic rings. The molecular weight excluding hydrogens is 241 g/mol. The Morgan fingerprint density at radius 1 is 1.33 bits per heavy atom. The predicted octanol–water partition coefficient (Wildman–Crippen LogP) is 3.66. The van der Waals surface area contributed by atoms with Gasteiger partial charge >= 0.3 is 6.18 Å². The zero-order chi connectivity index (χ0) is 13.8. The van der Waals surface area contributed by atoms with Crippen molar-refractivity contribution in [2.24, 2.45) is 0 Å². The maximum atomic E-state index is 12.8. The molecule has 0 aliphatic carbocycles. The van der Waals surface area contributed by atoms with Gasteiger partial charge in [0.2, 0.25) is 0 Å². The predicted molar refractivity (Wildman–Crippen MR) is 62.7 cm³/mol. The lowest BCUT2D eigenvalue weighted by molar-refractivity contribution is -0.138. The molecule has 0 aliphatic heterocycles. The first-order chi connectivity index (χ1) is 8.40. The fourth-order valence-corrected chi connectivity index (χ4v) is 1.61. The molecule has 98 valence electrons. The van der Waals surface area contributed by atoms with Gasteiger partial charge < -0.3 is 0 Å². The monoisotopic (exact) mass is 256 g/mol. The Balaban J connectivity index is 3.11. The van der Waals surface area contributed by atoms with Crippen molar-refractivity contribution >= 4 is 0 Å². The van der Waals surface area contributed by atoms with Crippen molar-refractivity contribution in [3.63, 3.8) is 0 Å². The van der Waals surface area contributed by atoms with Crippen LogP contribution in [-0.4, -0.2) is 6.04 Å². The third-order valence-corrected chi connectivity index (χ3v) is 2.77. The van der Waals surface area contributed by atoms with Crippen LogP contribution in [0, 0.1) is 11.3 Å². The average molecular weight is 256 g/mol. The fraction of sp³-hybridized carbons (Fsp3) is 0.462. The second kappa shape index (κ2) is 5.87. The molecule has 1 N–H and O–H groups in total. The number of hydrogen-bond acceptors (Lipinski definition) is 2. The number of nitrogens with one attached hydrogen (secondary N) is 1. The van der Waals surface area contributed by atoms with Gasteiger partial charge in [-0.25, -0.2) is 0 Å². The van der Waals surface area contributed by atoms with E-state index in [0.717, 1.165) is 12.5 Å². The second-order valence-corrected chi connectivity index (χ2v) is 4.12. The largest absolute Gasteiger partial charge is 0.416 e. The lowest BCUT2D eigenvalue weighted by Gasteiger charge is -2.20. The van der Waals surface area contributed by atoms with Gasteiger partial charge in [-0.2, -0.15) is 18.4 Å². The molecule has 1 rings (SSSR count). The Morgan fingerprint density at radius 2 is 1.94 bits per heavy atom. The van der Waals surface area contributed by atoms with E-state index in [-0.39, 0.29) is 11.6 Å². The third-order valence-electron chi connectivity index (χ3n) is 2.77. The summed E-state index contributed by atoms with van der Waals surface area (Å²) in [4.78, 5) is 0. The highest BCUT2D eigenvalue weighted by Crippen LogP contribution is 2.34. The van der Waals surface area contributed by atoms with Gasteiger partial charge in [-0.3, -0.25) is 5.32 Å². The molecule has 0 aliphatic rings. The van der Waals surface area contributed by atoms with Gasteiger partial charge in [-0.15, -0.1) is 0 Å². The Kier molecular flexibility index (Phi) is 4.74. The topological polar surface area (TPSA) is 35.8 Å². The van der Waals surface area contributed by atoms with Crippen molar-refractivity contribution in [2.45, 2.75) is 38.5 Å². The molecule has 0 bridgehead atoms. The van der Waals surface area contributed by atoms with E-state index in [1.165, 1.54) is 18.2 Å². The van der Waals surface area contributed by atoms with Gasteiger partial charge in [0.1, 0.15) is 6.04 Å². The molecule has 2 atom stereocenters. The van der Waals surface area contributed by atoms with Crippen LogP contribution in [0.5, 0.6) is 0 Å². The smallest absolute Gasteiger partial charge is 0.296 e. The van der Waals surface area contributed by atoms with Crippen LogP contribution < -0.4 is 5.32 Å². The number of nitrogens with zero attached hydrogens (tertiary/aromatic N) is 1. The number of rotatable bonds is 4. The molecule has 0 heterocycles. The van der Waals surface area contributed by atoms with E-state index >= 15 is 0 Å². The molecule has 0 saturated carbocycles. The summed E-state index contributed by atoms with van der Waals surface area (Å²) in [6.45, 7) is 3.74. The van der Waals surface area contributed by atoms with E-state index in [4.69, 9.17) is 5.26 Å². The van der Waals surface area contributed by atoms with Gasteiger partial charge in [-0.05, 0) is 25.0 Å². The van der Waals surface area contributed by atoms with Gasteiger partial charge in [-0.1, -0.05) is 25.1 Å². The molecule has 0 amide bonds. The average Bonchev–Trinajstić information content (AvgIpc) is 2.34. The zero-order valence-electron chi connectivity index (χ0n) is 10.3. The summed E-state index contributed by atoms with van der Waals surface area (Å²) in [5, 5.41) is 11.9. The lowest BCUT2D eigenvalue weighted by atomic mass is 10.00. The summed E-state index contributed by atoms with van der Waals surface area (Å²) in [6, 6.07) is 6.09. The molecule has 0 spiro atoms. The Labute approximate surface area is 104 Å². The number of nitriles is 1. The van der Waals surface area contributed by atoms with E-state index in [9.17, 15) is 13.2 Å². The Hall–Kier alpha value is -1.54. The molecule has 0 fully saturated rings. The SMILES string of the molecule is CCC(C)NC(C#N)c1ccccc1C(F)(F)F. The van der Waals surface area contributed by atoms with Crippen LogP contribution in [0.3, 0.4) is 0 Å². The van der Waals surface area contributed by atoms with Gasteiger partial charge in [0.05, 0.1) is 11.6 Å². The summed E-state index contributed by atoms with van der Waals surface area (Å²) in [6.07, 6.45) is -3.70. The first-order valence-corrected chi connectivity index (χ1v) is 5.72. The quantitative estimate of drug-likeness (QED) is 0.892. The highest BCUT2D eigenvalue weighted by Gasteiger charge is 2.35. The molecule has 2 unspecified atom stereocenters. The third kappa shape index (κ3) is 3.47. The van der Waals surface area contributed by atoms with Crippen molar-refractivity contribution < 1.29 is 13.2 Å². The molecule has 2 nitrogen and oxygen atoms in total. The maximum Gasteiger partial charge on any atom is 0.416 e. The fourth-order valence-electron chi connectivity index (χ4n) is 1.61. The molecule has 0 aromatic heterocycles. The highest BCUT2D eigenvalue weighted by atomic mass is 19.4. The number of halogens is 3. The van der Waals surface area contributed by atoms with Crippen LogP contribution >= 0.6 is 0 Å². The minimum Gasteiger partial charge on any atom is -0.296 e. The zero-order valence-corrected chi connectivity index (χ0v) is 10.3.